The van der Waals surface area contributed by atoms with E-state index in [1.807, 2.05) is 0 Å². The van der Waals surface area contributed by atoms with Gasteiger partial charge in [-0.1, -0.05) is 19.3 Å². The highest BCUT2D eigenvalue weighted by Gasteiger charge is 2.36. The van der Waals surface area contributed by atoms with Gasteiger partial charge in [-0.3, -0.25) is 4.79 Å². The van der Waals surface area contributed by atoms with Gasteiger partial charge < -0.3 is 4.74 Å². The molecule has 0 spiro atoms. The Morgan fingerprint density at radius 2 is 1.82 bits per heavy atom. The molecule has 1 aliphatic carbocycles. The van der Waals surface area contributed by atoms with E-state index in [0.29, 0.717) is 18.3 Å². The molecule has 2 aliphatic rings. The smallest absolute Gasteiger partial charge is 0.166 e. The zero-order chi connectivity index (χ0) is 7.68. The Morgan fingerprint density at radius 1 is 1.18 bits per heavy atom. The molecule has 62 valence electrons. The molecule has 1 aliphatic heterocycles. The predicted molar refractivity (Wildman–Crippen MR) is 41.3 cm³/mol. The van der Waals surface area contributed by atoms with Crippen molar-refractivity contribution >= 4 is 5.78 Å². The average molecular weight is 154 g/mol. The van der Waals surface area contributed by atoms with E-state index in [9.17, 15) is 4.79 Å². The van der Waals surface area contributed by atoms with E-state index in [2.05, 4.69) is 0 Å². The zero-order valence-corrected chi connectivity index (χ0v) is 6.71. The minimum Gasteiger partial charge on any atom is -0.365 e. The number of rotatable bonds is 2. The second kappa shape index (κ2) is 2.94. The van der Waals surface area contributed by atoms with Crippen LogP contribution in [-0.4, -0.2) is 18.5 Å². The van der Waals surface area contributed by atoms with Crippen molar-refractivity contribution in [1.29, 1.82) is 0 Å². The summed E-state index contributed by atoms with van der Waals surface area (Å²) in [6, 6.07) is 0. The molecule has 0 amide bonds. The van der Waals surface area contributed by atoms with Gasteiger partial charge in [0.05, 0.1) is 6.61 Å². The van der Waals surface area contributed by atoms with Gasteiger partial charge in [-0.05, 0) is 12.8 Å². The molecule has 1 heterocycles. The van der Waals surface area contributed by atoms with Gasteiger partial charge in [0.2, 0.25) is 0 Å². The summed E-state index contributed by atoms with van der Waals surface area (Å²) in [5.74, 6) is 0.723. The van der Waals surface area contributed by atoms with Gasteiger partial charge in [0.25, 0.3) is 0 Å². The van der Waals surface area contributed by atoms with E-state index in [1.165, 1.54) is 19.3 Å². The second-order valence-electron chi connectivity index (χ2n) is 3.56. The lowest BCUT2D eigenvalue weighted by Gasteiger charge is -2.18. The lowest BCUT2D eigenvalue weighted by atomic mass is 9.85. The second-order valence-corrected chi connectivity index (χ2v) is 3.56. The van der Waals surface area contributed by atoms with Crippen molar-refractivity contribution in [3.8, 4) is 0 Å². The maximum atomic E-state index is 11.4. The SMILES string of the molecule is O=C(C1CCCCC1)C1CO1. The van der Waals surface area contributed by atoms with Crippen molar-refractivity contribution in [1.82, 2.24) is 0 Å². The van der Waals surface area contributed by atoms with E-state index >= 15 is 0 Å². The first kappa shape index (κ1) is 7.29. The molecule has 0 aromatic heterocycles. The lowest BCUT2D eigenvalue weighted by molar-refractivity contribution is -0.125. The normalized spacial score (nSPS) is 31.8. The molecule has 1 unspecified atom stereocenters. The molecule has 2 heteroatoms. The minimum atomic E-state index is -0.00176. The maximum Gasteiger partial charge on any atom is 0.166 e. The molecule has 1 atom stereocenters. The Bertz CT molecular complexity index is 155. The summed E-state index contributed by atoms with van der Waals surface area (Å²) in [6.45, 7) is 0.690. The van der Waals surface area contributed by atoms with Crippen molar-refractivity contribution in [2.24, 2.45) is 5.92 Å². The fourth-order valence-electron chi connectivity index (χ4n) is 1.86. The van der Waals surface area contributed by atoms with Crippen LogP contribution in [0.3, 0.4) is 0 Å². The highest BCUT2D eigenvalue weighted by molar-refractivity contribution is 5.87. The van der Waals surface area contributed by atoms with Crippen LogP contribution in [0.5, 0.6) is 0 Å². The van der Waals surface area contributed by atoms with Gasteiger partial charge in [0, 0.05) is 5.92 Å². The first-order valence-corrected chi connectivity index (χ1v) is 4.53. The highest BCUT2D eigenvalue weighted by atomic mass is 16.6. The van der Waals surface area contributed by atoms with Crippen LogP contribution in [-0.2, 0) is 9.53 Å². The summed E-state index contributed by atoms with van der Waals surface area (Å²) in [5, 5.41) is 0. The van der Waals surface area contributed by atoms with Gasteiger partial charge in [-0.25, -0.2) is 0 Å². The maximum absolute atomic E-state index is 11.4. The Balaban J connectivity index is 1.86. The van der Waals surface area contributed by atoms with Crippen LogP contribution in [0.2, 0.25) is 0 Å². The van der Waals surface area contributed by atoms with Crippen molar-refractivity contribution in [2.45, 2.75) is 38.2 Å². The standard InChI is InChI=1S/C9H14O2/c10-9(8-6-11-8)7-4-2-1-3-5-7/h7-8H,1-6H2. The Morgan fingerprint density at radius 3 is 2.36 bits per heavy atom. The van der Waals surface area contributed by atoms with Crippen molar-refractivity contribution in [3.05, 3.63) is 0 Å². The Hall–Kier alpha value is -0.370. The predicted octanol–water partition coefficient (Wildman–Crippen LogP) is 1.53. The molecular formula is C9H14O2. The van der Waals surface area contributed by atoms with Crippen LogP contribution in [0, 0.1) is 5.92 Å². The fourth-order valence-corrected chi connectivity index (χ4v) is 1.86. The topological polar surface area (TPSA) is 29.6 Å². The van der Waals surface area contributed by atoms with Crippen LogP contribution in [0.1, 0.15) is 32.1 Å². The molecule has 1 saturated carbocycles. The Labute approximate surface area is 66.9 Å². The summed E-state index contributed by atoms with van der Waals surface area (Å²) >= 11 is 0. The third kappa shape index (κ3) is 1.62. The molecule has 0 aromatic rings. The third-order valence-corrected chi connectivity index (χ3v) is 2.66. The summed E-state index contributed by atoms with van der Waals surface area (Å²) in [4.78, 5) is 11.4. The number of hydrogen-bond donors (Lipinski definition) is 0. The van der Waals surface area contributed by atoms with Crippen LogP contribution in [0.25, 0.3) is 0 Å². The molecular weight excluding hydrogens is 140 g/mol. The van der Waals surface area contributed by atoms with Crippen molar-refractivity contribution in [3.63, 3.8) is 0 Å². The first-order valence-electron chi connectivity index (χ1n) is 4.53. The summed E-state index contributed by atoms with van der Waals surface area (Å²) in [7, 11) is 0. The van der Waals surface area contributed by atoms with Gasteiger partial charge in [0.1, 0.15) is 6.10 Å². The van der Waals surface area contributed by atoms with Gasteiger partial charge >= 0.3 is 0 Å². The van der Waals surface area contributed by atoms with Crippen LogP contribution in [0.4, 0.5) is 0 Å². The molecule has 2 nitrogen and oxygen atoms in total. The van der Waals surface area contributed by atoms with Crippen LogP contribution in [0.15, 0.2) is 0 Å². The lowest BCUT2D eigenvalue weighted by Crippen LogP contribution is -2.22. The van der Waals surface area contributed by atoms with E-state index in [4.69, 9.17) is 4.74 Å². The Kier molecular flexibility index (Phi) is 1.95. The number of hydrogen-bond acceptors (Lipinski definition) is 2. The van der Waals surface area contributed by atoms with Crippen molar-refractivity contribution in [2.75, 3.05) is 6.61 Å². The largest absolute Gasteiger partial charge is 0.365 e. The zero-order valence-electron chi connectivity index (χ0n) is 6.71. The van der Waals surface area contributed by atoms with Crippen LogP contribution >= 0.6 is 0 Å². The van der Waals surface area contributed by atoms with E-state index in [-0.39, 0.29) is 6.10 Å². The molecule has 0 radical (unpaired) electrons. The molecule has 0 N–H and O–H groups in total. The van der Waals surface area contributed by atoms with E-state index < -0.39 is 0 Å². The molecule has 0 aromatic carbocycles. The van der Waals surface area contributed by atoms with Gasteiger partial charge in [0.15, 0.2) is 5.78 Å². The number of ketones is 1. The van der Waals surface area contributed by atoms with Gasteiger partial charge in [-0.2, -0.15) is 0 Å². The number of Topliss-reactive ketones (excluding diaryl/α,β-unsaturated/α-hetero) is 1. The van der Waals surface area contributed by atoms with E-state index in [1.54, 1.807) is 0 Å². The number of epoxide rings is 1. The molecule has 1 saturated heterocycles. The van der Waals surface area contributed by atoms with Crippen molar-refractivity contribution < 1.29 is 9.53 Å². The monoisotopic (exact) mass is 154 g/mol. The third-order valence-electron chi connectivity index (χ3n) is 2.66. The van der Waals surface area contributed by atoms with Crippen LogP contribution < -0.4 is 0 Å². The summed E-state index contributed by atoms with van der Waals surface area (Å²) in [6.07, 6.45) is 6.01. The molecule has 2 fully saturated rings. The first-order chi connectivity index (χ1) is 5.38. The number of carbonyl (C=O) groups excluding carboxylic acids is 1. The highest BCUT2D eigenvalue weighted by Crippen LogP contribution is 2.28. The molecule has 2 rings (SSSR count). The minimum absolute atomic E-state index is 0.00176. The van der Waals surface area contributed by atoms with E-state index in [0.717, 1.165) is 12.8 Å². The number of carbonyl (C=O) groups is 1. The fraction of sp³-hybridized carbons (Fsp3) is 0.889. The molecule has 0 bridgehead atoms. The number of ether oxygens (including phenoxy) is 1. The quantitative estimate of drug-likeness (QED) is 0.564. The molecule has 11 heavy (non-hydrogen) atoms. The van der Waals surface area contributed by atoms with Gasteiger partial charge in [-0.15, -0.1) is 0 Å². The average Bonchev–Trinajstić information content (AvgIpc) is 2.87. The summed E-state index contributed by atoms with van der Waals surface area (Å²) in [5.41, 5.74) is 0. The summed E-state index contributed by atoms with van der Waals surface area (Å²) < 4.78 is 4.97.